The van der Waals surface area contributed by atoms with Gasteiger partial charge < -0.3 is 10.0 Å². The fourth-order valence-electron chi connectivity index (χ4n) is 4.09. The molecule has 0 bridgehead atoms. The molecule has 4 rings (SSSR count). The van der Waals surface area contributed by atoms with E-state index >= 15 is 0 Å². The summed E-state index contributed by atoms with van der Waals surface area (Å²) in [7, 11) is 0. The Labute approximate surface area is 156 Å². The Morgan fingerprint density at radius 2 is 1.77 bits per heavy atom. The molecule has 0 spiro atoms. The third kappa shape index (κ3) is 2.86. The Hall–Kier alpha value is -2.40. The van der Waals surface area contributed by atoms with Crippen molar-refractivity contribution in [2.45, 2.75) is 44.2 Å². The highest BCUT2D eigenvalue weighted by Crippen LogP contribution is 2.43. The van der Waals surface area contributed by atoms with Gasteiger partial charge in [0.25, 0.3) is 5.91 Å². The summed E-state index contributed by atoms with van der Waals surface area (Å²) in [5.41, 5.74) is 1.09. The third-order valence-corrected chi connectivity index (χ3v) is 6.19. The molecule has 2 heterocycles. The Bertz CT molecular complexity index is 835. The van der Waals surface area contributed by atoms with Gasteiger partial charge in [-0.25, -0.2) is 0 Å². The predicted octanol–water partition coefficient (Wildman–Crippen LogP) is 4.66. The van der Waals surface area contributed by atoms with Crippen LogP contribution >= 0.6 is 11.3 Å². The number of hydrogen-bond acceptors (Lipinski definition) is 4. The van der Waals surface area contributed by atoms with Crippen LogP contribution in [0.2, 0.25) is 0 Å². The van der Waals surface area contributed by atoms with Crippen LogP contribution in [0.4, 0.5) is 0 Å². The van der Waals surface area contributed by atoms with Gasteiger partial charge in [-0.2, -0.15) is 0 Å². The molecule has 5 heteroatoms. The molecule has 1 saturated carbocycles. The number of hydrogen-bond donors (Lipinski definition) is 1. The molecule has 1 aliphatic heterocycles. The SMILES string of the molecule is O=C(C1=C(O)C(=O)N(C2CCCCC2)C1c1ccccc1)c1cccs1. The second-order valence-corrected chi connectivity index (χ2v) is 7.83. The van der Waals surface area contributed by atoms with Crippen LogP contribution in [0, 0.1) is 0 Å². The normalized spacial score (nSPS) is 21.5. The first-order valence-electron chi connectivity index (χ1n) is 9.07. The molecule has 4 nitrogen and oxygen atoms in total. The van der Waals surface area contributed by atoms with E-state index in [1.807, 2.05) is 41.8 Å². The highest BCUT2D eigenvalue weighted by molar-refractivity contribution is 7.12. The molecule has 1 fully saturated rings. The first kappa shape index (κ1) is 17.0. The van der Waals surface area contributed by atoms with Gasteiger partial charge in [-0.05, 0) is 29.9 Å². The van der Waals surface area contributed by atoms with E-state index in [4.69, 9.17) is 0 Å². The van der Waals surface area contributed by atoms with Crippen LogP contribution in [0.15, 0.2) is 59.2 Å². The van der Waals surface area contributed by atoms with Crippen molar-refractivity contribution in [3.8, 4) is 0 Å². The highest BCUT2D eigenvalue weighted by Gasteiger charge is 2.46. The minimum atomic E-state index is -0.513. The summed E-state index contributed by atoms with van der Waals surface area (Å²) in [6.07, 6.45) is 5.16. The van der Waals surface area contributed by atoms with Crippen molar-refractivity contribution in [3.63, 3.8) is 0 Å². The highest BCUT2D eigenvalue weighted by atomic mass is 32.1. The topological polar surface area (TPSA) is 57.6 Å². The molecule has 1 atom stereocenters. The van der Waals surface area contributed by atoms with Crippen LogP contribution in [0.3, 0.4) is 0 Å². The maximum absolute atomic E-state index is 13.1. The Balaban J connectivity index is 1.80. The van der Waals surface area contributed by atoms with Gasteiger partial charge in [0.05, 0.1) is 16.5 Å². The number of aliphatic hydroxyl groups excluding tert-OH is 1. The molecule has 2 aromatic rings. The van der Waals surface area contributed by atoms with Crippen LogP contribution in [0.1, 0.15) is 53.4 Å². The molecule has 0 saturated heterocycles. The van der Waals surface area contributed by atoms with E-state index in [0.717, 1.165) is 31.2 Å². The number of carbonyl (C=O) groups excluding carboxylic acids is 2. The third-order valence-electron chi connectivity index (χ3n) is 5.32. The van der Waals surface area contributed by atoms with Gasteiger partial charge in [0.1, 0.15) is 0 Å². The van der Waals surface area contributed by atoms with E-state index in [-0.39, 0.29) is 23.2 Å². The smallest absolute Gasteiger partial charge is 0.290 e. The van der Waals surface area contributed by atoms with Gasteiger partial charge in [-0.3, -0.25) is 9.59 Å². The number of aliphatic hydroxyl groups is 1. The zero-order valence-electron chi connectivity index (χ0n) is 14.4. The summed E-state index contributed by atoms with van der Waals surface area (Å²) >= 11 is 1.33. The zero-order valence-corrected chi connectivity index (χ0v) is 15.2. The van der Waals surface area contributed by atoms with Crippen molar-refractivity contribution < 1.29 is 14.7 Å². The van der Waals surface area contributed by atoms with Gasteiger partial charge >= 0.3 is 0 Å². The van der Waals surface area contributed by atoms with E-state index in [1.165, 1.54) is 17.8 Å². The lowest BCUT2D eigenvalue weighted by atomic mass is 9.90. The molecular formula is C21H21NO3S. The molecule has 1 unspecified atom stereocenters. The maximum Gasteiger partial charge on any atom is 0.290 e. The molecule has 0 radical (unpaired) electrons. The summed E-state index contributed by atoms with van der Waals surface area (Å²) in [4.78, 5) is 28.3. The lowest BCUT2D eigenvalue weighted by molar-refractivity contribution is -0.132. The van der Waals surface area contributed by atoms with Crippen molar-refractivity contribution in [3.05, 3.63) is 69.6 Å². The molecule has 1 aromatic carbocycles. The lowest BCUT2D eigenvalue weighted by Gasteiger charge is -2.36. The number of nitrogens with zero attached hydrogens (tertiary/aromatic N) is 1. The van der Waals surface area contributed by atoms with Gasteiger partial charge in [0.15, 0.2) is 5.76 Å². The second-order valence-electron chi connectivity index (χ2n) is 6.89. The van der Waals surface area contributed by atoms with Gasteiger partial charge in [-0.1, -0.05) is 55.7 Å². The van der Waals surface area contributed by atoms with E-state index in [1.54, 1.807) is 11.0 Å². The van der Waals surface area contributed by atoms with Gasteiger partial charge in [0.2, 0.25) is 5.78 Å². The van der Waals surface area contributed by atoms with Crippen LogP contribution in [0.25, 0.3) is 0 Å². The summed E-state index contributed by atoms with van der Waals surface area (Å²) in [6, 6.07) is 12.7. The molecule has 134 valence electrons. The summed E-state index contributed by atoms with van der Waals surface area (Å²) in [6.45, 7) is 0. The van der Waals surface area contributed by atoms with E-state index in [9.17, 15) is 14.7 Å². The molecule has 1 N–H and O–H groups in total. The fraction of sp³-hybridized carbons (Fsp3) is 0.333. The number of thiophene rings is 1. The van der Waals surface area contributed by atoms with Crippen molar-refractivity contribution in [2.24, 2.45) is 0 Å². The lowest BCUT2D eigenvalue weighted by Crippen LogP contribution is -2.41. The molecule has 1 aromatic heterocycles. The molecule has 2 aliphatic rings. The van der Waals surface area contributed by atoms with E-state index in [2.05, 4.69) is 0 Å². The number of ketones is 1. The second kappa shape index (κ2) is 7.08. The molecule has 1 aliphatic carbocycles. The number of benzene rings is 1. The van der Waals surface area contributed by atoms with Gasteiger partial charge in [0, 0.05) is 6.04 Å². The summed E-state index contributed by atoms with van der Waals surface area (Å²) in [5, 5.41) is 12.5. The molecule has 26 heavy (non-hydrogen) atoms. The molecule has 1 amide bonds. The number of rotatable bonds is 4. The van der Waals surface area contributed by atoms with Crippen LogP contribution in [0.5, 0.6) is 0 Å². The van der Waals surface area contributed by atoms with Gasteiger partial charge in [-0.15, -0.1) is 11.3 Å². The van der Waals surface area contributed by atoms with Crippen LogP contribution in [-0.4, -0.2) is 27.7 Å². The maximum atomic E-state index is 13.1. The average Bonchev–Trinajstić information content (AvgIpc) is 3.31. The molecular weight excluding hydrogens is 346 g/mol. The van der Waals surface area contributed by atoms with Crippen molar-refractivity contribution >= 4 is 23.0 Å². The van der Waals surface area contributed by atoms with E-state index in [0.29, 0.717) is 4.88 Å². The first-order chi connectivity index (χ1) is 12.7. The van der Waals surface area contributed by atoms with Crippen molar-refractivity contribution in [2.75, 3.05) is 0 Å². The number of amides is 1. The summed E-state index contributed by atoms with van der Waals surface area (Å²) < 4.78 is 0. The quantitative estimate of drug-likeness (QED) is 0.800. The average molecular weight is 367 g/mol. The Kier molecular flexibility index (Phi) is 4.64. The monoisotopic (exact) mass is 367 g/mol. The summed E-state index contributed by atoms with van der Waals surface area (Å²) in [5.74, 6) is -1.05. The number of Topliss-reactive ketones (excluding diaryl/α,β-unsaturated/α-hetero) is 1. The van der Waals surface area contributed by atoms with Crippen LogP contribution in [-0.2, 0) is 4.79 Å². The Morgan fingerprint density at radius 1 is 1.04 bits per heavy atom. The van der Waals surface area contributed by atoms with Crippen molar-refractivity contribution in [1.29, 1.82) is 0 Å². The fourth-order valence-corrected chi connectivity index (χ4v) is 4.77. The van der Waals surface area contributed by atoms with Crippen molar-refractivity contribution in [1.82, 2.24) is 4.90 Å². The van der Waals surface area contributed by atoms with E-state index < -0.39 is 11.9 Å². The zero-order chi connectivity index (χ0) is 18.1. The largest absolute Gasteiger partial charge is 0.503 e. The minimum Gasteiger partial charge on any atom is -0.503 e. The standard InChI is InChI=1S/C21H21NO3S/c23-19(16-12-7-13-26-16)17-18(14-8-3-1-4-9-14)22(21(25)20(17)24)15-10-5-2-6-11-15/h1,3-4,7-9,12-13,15,18,24H,2,5-6,10-11H2. The van der Waals surface area contributed by atoms with Crippen LogP contribution < -0.4 is 0 Å². The first-order valence-corrected chi connectivity index (χ1v) is 9.95. The predicted molar refractivity (Wildman–Crippen MR) is 101 cm³/mol. The minimum absolute atomic E-state index is 0.0669. The Morgan fingerprint density at radius 3 is 2.42 bits per heavy atom. The number of carbonyl (C=O) groups is 2.